The van der Waals surface area contributed by atoms with Crippen molar-refractivity contribution < 1.29 is 19.1 Å². The van der Waals surface area contributed by atoms with Gasteiger partial charge < -0.3 is 9.47 Å². The van der Waals surface area contributed by atoms with Gasteiger partial charge in [0.25, 0.3) is 0 Å². The first-order valence-electron chi connectivity index (χ1n) is 9.05. The number of hydrogen-bond acceptors (Lipinski definition) is 7. The van der Waals surface area contributed by atoms with Crippen molar-refractivity contribution in [1.29, 1.82) is 0 Å². The van der Waals surface area contributed by atoms with Crippen LogP contribution in [0, 0.1) is 0 Å². The van der Waals surface area contributed by atoms with Crippen molar-refractivity contribution >= 4 is 35.2 Å². The van der Waals surface area contributed by atoms with Crippen molar-refractivity contribution in [3.63, 3.8) is 0 Å². The second-order valence-electron chi connectivity index (χ2n) is 7.04. The molecule has 2 aromatic heterocycles. The molecule has 3 aromatic rings. The van der Waals surface area contributed by atoms with Crippen LogP contribution in [0.25, 0.3) is 16.8 Å². The topological polar surface area (TPSA) is 94.8 Å². The van der Waals surface area contributed by atoms with E-state index in [2.05, 4.69) is 27.5 Å². The first-order valence-corrected chi connectivity index (χ1v) is 10.3. The Kier molecular flexibility index (Phi) is 5.01. The molecular formula is C20H20N4O4S. The maximum absolute atomic E-state index is 12.3. The van der Waals surface area contributed by atoms with Gasteiger partial charge in [0.2, 0.25) is 17.6 Å². The maximum Gasteiger partial charge on any atom is 0.338 e. The van der Waals surface area contributed by atoms with E-state index in [4.69, 9.17) is 9.47 Å². The quantitative estimate of drug-likeness (QED) is 0.508. The number of carbonyl (C=O) groups excluding carboxylic acids is 2. The van der Waals surface area contributed by atoms with E-state index in [1.165, 1.54) is 0 Å². The summed E-state index contributed by atoms with van der Waals surface area (Å²) in [6, 6.07) is 11.9. The smallest absolute Gasteiger partial charge is 0.338 e. The normalized spacial score (nSPS) is 18.0. The molecule has 0 radical (unpaired) electrons. The number of aromatic nitrogens is 3. The van der Waals surface area contributed by atoms with E-state index in [1.807, 2.05) is 36.7 Å². The second-order valence-corrected chi connectivity index (χ2v) is 7.88. The number of hydrogen-bond donors (Lipinski definition) is 1. The van der Waals surface area contributed by atoms with Gasteiger partial charge in [-0.05, 0) is 30.0 Å². The zero-order valence-electron chi connectivity index (χ0n) is 16.2. The Morgan fingerprint density at radius 3 is 2.79 bits per heavy atom. The number of pyridine rings is 1. The molecule has 9 heteroatoms. The van der Waals surface area contributed by atoms with Gasteiger partial charge in [-0.2, -0.15) is 4.98 Å². The fourth-order valence-corrected chi connectivity index (χ4v) is 3.79. The number of cyclic esters (lactones) is 1. The highest BCUT2D eigenvalue weighted by Gasteiger charge is 2.42. The summed E-state index contributed by atoms with van der Waals surface area (Å²) in [7, 11) is 0. The predicted octanol–water partition coefficient (Wildman–Crippen LogP) is 3.12. The molecule has 0 aliphatic carbocycles. The third kappa shape index (κ3) is 4.10. The van der Waals surface area contributed by atoms with Gasteiger partial charge in [0.05, 0.1) is 6.42 Å². The number of fused-ring (bicyclic) bond motifs is 1. The molecule has 1 N–H and O–H groups in total. The summed E-state index contributed by atoms with van der Waals surface area (Å²) in [4.78, 5) is 29.5. The number of nitrogens with zero attached hydrogens (tertiary/aromatic N) is 3. The van der Waals surface area contributed by atoms with Crippen LogP contribution in [0.4, 0.5) is 5.95 Å². The number of benzene rings is 1. The Hall–Kier alpha value is -2.91. The van der Waals surface area contributed by atoms with Crippen LogP contribution in [-0.2, 0) is 19.1 Å². The minimum absolute atomic E-state index is 0.163. The first kappa shape index (κ1) is 19.4. The summed E-state index contributed by atoms with van der Waals surface area (Å²) < 4.78 is 12.1. The molecule has 1 fully saturated rings. The van der Waals surface area contributed by atoms with Gasteiger partial charge in [0, 0.05) is 30.5 Å². The van der Waals surface area contributed by atoms with Crippen molar-refractivity contribution in [2.45, 2.75) is 37.1 Å². The third-order valence-corrected chi connectivity index (χ3v) is 5.20. The lowest BCUT2D eigenvalue weighted by atomic mass is 10.1. The Bertz CT molecular complexity index is 1100. The first-order chi connectivity index (χ1) is 13.8. The van der Waals surface area contributed by atoms with Crippen molar-refractivity contribution in [3.05, 3.63) is 42.6 Å². The molecule has 1 aliphatic heterocycles. The molecule has 0 spiro atoms. The number of thioether (sulfide) groups is 1. The van der Waals surface area contributed by atoms with Crippen molar-refractivity contribution in [1.82, 2.24) is 14.6 Å². The number of rotatable bonds is 5. The summed E-state index contributed by atoms with van der Waals surface area (Å²) in [5, 5.41) is 6.94. The minimum Gasteiger partial charge on any atom is -0.432 e. The second kappa shape index (κ2) is 7.49. The molecule has 1 amide bonds. The lowest BCUT2D eigenvalue weighted by Gasteiger charge is -2.14. The third-order valence-electron chi connectivity index (χ3n) is 4.41. The highest BCUT2D eigenvalue weighted by Crippen LogP contribution is 2.30. The summed E-state index contributed by atoms with van der Waals surface area (Å²) in [5.74, 6) is -1.83. The van der Waals surface area contributed by atoms with Gasteiger partial charge >= 0.3 is 5.97 Å². The van der Waals surface area contributed by atoms with E-state index >= 15 is 0 Å². The van der Waals surface area contributed by atoms with Crippen LogP contribution in [0.5, 0.6) is 0 Å². The highest BCUT2D eigenvalue weighted by molar-refractivity contribution is 7.98. The Morgan fingerprint density at radius 1 is 1.28 bits per heavy atom. The number of amides is 1. The molecule has 0 unspecified atom stereocenters. The van der Waals surface area contributed by atoms with Crippen LogP contribution in [0.3, 0.4) is 0 Å². The molecule has 0 saturated carbocycles. The van der Waals surface area contributed by atoms with Crippen LogP contribution >= 0.6 is 11.8 Å². The highest BCUT2D eigenvalue weighted by atomic mass is 32.2. The van der Waals surface area contributed by atoms with E-state index < -0.39 is 23.8 Å². The van der Waals surface area contributed by atoms with Gasteiger partial charge in [0.15, 0.2) is 11.8 Å². The molecule has 3 heterocycles. The van der Waals surface area contributed by atoms with Gasteiger partial charge in [-0.3, -0.25) is 10.1 Å². The fourth-order valence-electron chi connectivity index (χ4n) is 3.17. The lowest BCUT2D eigenvalue weighted by molar-refractivity contribution is -0.160. The van der Waals surface area contributed by atoms with E-state index in [9.17, 15) is 9.59 Å². The monoisotopic (exact) mass is 412 g/mol. The molecule has 150 valence electrons. The van der Waals surface area contributed by atoms with Gasteiger partial charge in [0.1, 0.15) is 0 Å². The van der Waals surface area contributed by atoms with E-state index in [0.717, 1.165) is 16.0 Å². The minimum atomic E-state index is -1.02. The molecule has 29 heavy (non-hydrogen) atoms. The number of esters is 1. The SMILES string of the molecule is CSc1ccccc1-c1ccc2nc(NC(=O)C[C@@H]3OC(C)(C)OC3=O)nn2c1. The molecule has 1 saturated heterocycles. The average Bonchev–Trinajstić information content (AvgIpc) is 3.19. The molecule has 8 nitrogen and oxygen atoms in total. The zero-order valence-corrected chi connectivity index (χ0v) is 17.0. The Balaban J connectivity index is 1.51. The molecular weight excluding hydrogens is 392 g/mol. The number of ether oxygens (including phenoxy) is 2. The van der Waals surface area contributed by atoms with Gasteiger partial charge in [-0.15, -0.1) is 16.9 Å². The Labute approximate surface area is 171 Å². The van der Waals surface area contributed by atoms with Crippen LogP contribution in [0.2, 0.25) is 0 Å². The van der Waals surface area contributed by atoms with Crippen molar-refractivity contribution in [2.75, 3.05) is 11.6 Å². The maximum atomic E-state index is 12.3. The fraction of sp³-hybridized carbons (Fsp3) is 0.300. The van der Waals surface area contributed by atoms with E-state index in [1.54, 1.807) is 30.1 Å². The van der Waals surface area contributed by atoms with Gasteiger partial charge in [-0.1, -0.05) is 18.2 Å². The number of carbonyl (C=O) groups is 2. The van der Waals surface area contributed by atoms with Crippen LogP contribution in [0.1, 0.15) is 20.3 Å². The molecule has 1 aliphatic rings. The van der Waals surface area contributed by atoms with Crippen LogP contribution < -0.4 is 5.32 Å². The van der Waals surface area contributed by atoms with Crippen LogP contribution in [0.15, 0.2) is 47.5 Å². The average molecular weight is 412 g/mol. The lowest BCUT2D eigenvalue weighted by Crippen LogP contribution is -2.26. The number of anilines is 1. The molecule has 1 aromatic carbocycles. The van der Waals surface area contributed by atoms with Gasteiger partial charge in [-0.25, -0.2) is 9.31 Å². The van der Waals surface area contributed by atoms with E-state index in [-0.39, 0.29) is 12.4 Å². The molecule has 1 atom stereocenters. The largest absolute Gasteiger partial charge is 0.432 e. The summed E-state index contributed by atoms with van der Waals surface area (Å²) in [6.45, 7) is 3.25. The van der Waals surface area contributed by atoms with Crippen molar-refractivity contribution in [3.8, 4) is 11.1 Å². The molecule has 4 rings (SSSR count). The number of nitrogens with one attached hydrogen (secondary N) is 1. The van der Waals surface area contributed by atoms with E-state index in [0.29, 0.717) is 5.65 Å². The standard InChI is InChI=1S/C20H20N4O4S/c1-20(2)27-14(18(26)28-20)10-17(25)22-19-21-16-9-8-12(11-24(16)23-19)13-6-4-5-7-15(13)29-3/h4-9,11,14H,10H2,1-3H3,(H,22,23,25)/t14-/m0/s1. The summed E-state index contributed by atoms with van der Waals surface area (Å²) in [6.07, 6.45) is 2.81. The molecule has 0 bridgehead atoms. The zero-order chi connectivity index (χ0) is 20.6. The summed E-state index contributed by atoms with van der Waals surface area (Å²) >= 11 is 1.67. The predicted molar refractivity (Wildman–Crippen MR) is 108 cm³/mol. The Morgan fingerprint density at radius 2 is 2.07 bits per heavy atom. The van der Waals surface area contributed by atoms with Crippen molar-refractivity contribution in [2.24, 2.45) is 0 Å². The summed E-state index contributed by atoms with van der Waals surface area (Å²) in [5.41, 5.74) is 2.69. The van der Waals surface area contributed by atoms with Crippen LogP contribution in [-0.4, -0.2) is 44.6 Å².